The Morgan fingerprint density at radius 1 is 1.08 bits per heavy atom. The number of ether oxygens (including phenoxy) is 2. The van der Waals surface area contributed by atoms with Crippen molar-refractivity contribution in [1.29, 1.82) is 0 Å². The number of halogens is 1. The van der Waals surface area contributed by atoms with Gasteiger partial charge in [0.2, 0.25) is 5.91 Å². The Hall–Kier alpha value is -3.50. The fraction of sp³-hybridized carbons (Fsp3) is 0.333. The Morgan fingerprint density at radius 3 is 2.58 bits per heavy atom. The van der Waals surface area contributed by atoms with Crippen molar-refractivity contribution in [3.05, 3.63) is 57.5 Å². The molecule has 4 rings (SSSR count). The molecule has 2 fully saturated rings. The summed E-state index contributed by atoms with van der Waals surface area (Å²) in [5, 5.41) is 2.62. The van der Waals surface area contributed by atoms with Gasteiger partial charge < -0.3 is 19.7 Å². The smallest absolute Gasteiger partial charge is 0.294 e. The van der Waals surface area contributed by atoms with Crippen LogP contribution in [0, 0.1) is 6.92 Å². The lowest BCUT2D eigenvalue weighted by Gasteiger charge is -2.17. The van der Waals surface area contributed by atoms with Crippen LogP contribution in [0.5, 0.6) is 11.5 Å². The zero-order valence-electron chi connectivity index (χ0n) is 21.1. The minimum atomic E-state index is -0.563. The minimum Gasteiger partial charge on any atom is -0.490 e. The first-order valence-corrected chi connectivity index (χ1v) is 13.4. The predicted molar refractivity (Wildman–Crippen MR) is 146 cm³/mol. The Kier molecular flexibility index (Phi) is 8.96. The van der Waals surface area contributed by atoms with Gasteiger partial charge in [0.05, 0.1) is 11.5 Å². The van der Waals surface area contributed by atoms with Gasteiger partial charge in [-0.05, 0) is 79.9 Å². The van der Waals surface area contributed by atoms with E-state index < -0.39 is 23.6 Å². The summed E-state index contributed by atoms with van der Waals surface area (Å²) in [6, 6.07) is 10.1. The van der Waals surface area contributed by atoms with Crippen LogP contribution >= 0.6 is 23.4 Å². The zero-order chi connectivity index (χ0) is 27.2. The maximum atomic E-state index is 12.9. The van der Waals surface area contributed by atoms with E-state index in [1.807, 2.05) is 13.8 Å². The molecule has 4 amide bonds. The Balaban J connectivity index is 1.42. The van der Waals surface area contributed by atoms with Crippen molar-refractivity contribution >= 4 is 58.1 Å². The number of benzene rings is 2. The van der Waals surface area contributed by atoms with Crippen molar-refractivity contribution in [2.75, 3.05) is 38.2 Å². The van der Waals surface area contributed by atoms with Crippen molar-refractivity contribution in [3.8, 4) is 11.5 Å². The van der Waals surface area contributed by atoms with Crippen LogP contribution in [0.25, 0.3) is 6.08 Å². The molecule has 0 radical (unpaired) electrons. The van der Waals surface area contributed by atoms with Gasteiger partial charge in [-0.3, -0.25) is 24.1 Å². The lowest BCUT2D eigenvalue weighted by atomic mass is 10.2. The molecule has 2 aromatic rings. The van der Waals surface area contributed by atoms with E-state index in [0.29, 0.717) is 34.4 Å². The number of likely N-dealkylation sites (tertiary alicyclic amines) is 1. The Morgan fingerprint density at radius 2 is 1.84 bits per heavy atom. The largest absolute Gasteiger partial charge is 0.490 e. The number of carbonyl (C=O) groups is 4. The van der Waals surface area contributed by atoms with E-state index in [1.165, 1.54) is 0 Å². The second kappa shape index (κ2) is 12.4. The SMILES string of the molecule is CCOc1cc(/C=C2\SC(=O)N(CC(=O)Nc3cc(Cl)ccc3C)C2=O)ccc1OCC(=O)N1CCCC1. The van der Waals surface area contributed by atoms with E-state index in [0.717, 1.165) is 48.2 Å². The number of hydrogen-bond acceptors (Lipinski definition) is 7. The van der Waals surface area contributed by atoms with Gasteiger partial charge >= 0.3 is 0 Å². The molecular formula is C27H28ClN3O6S. The first kappa shape index (κ1) is 27.5. The molecule has 0 saturated carbocycles. The maximum absolute atomic E-state index is 12.9. The number of aryl methyl sites for hydroxylation is 1. The number of nitrogens with zero attached hydrogens (tertiary/aromatic N) is 2. The number of imide groups is 1. The highest BCUT2D eigenvalue weighted by molar-refractivity contribution is 8.18. The molecule has 200 valence electrons. The topological polar surface area (TPSA) is 105 Å². The van der Waals surface area contributed by atoms with Gasteiger partial charge in [0.1, 0.15) is 6.54 Å². The first-order valence-electron chi connectivity index (χ1n) is 12.2. The van der Waals surface area contributed by atoms with Crippen LogP contribution in [-0.2, 0) is 14.4 Å². The van der Waals surface area contributed by atoms with Crippen LogP contribution in [0.15, 0.2) is 41.3 Å². The number of amides is 4. The van der Waals surface area contributed by atoms with Crippen LogP contribution in [0.1, 0.15) is 30.9 Å². The molecule has 0 bridgehead atoms. The standard InChI is InChI=1S/C27H28ClN3O6S/c1-3-36-22-12-18(7-9-21(22)37-16-25(33)30-10-4-5-11-30)13-23-26(34)31(27(35)38-23)15-24(32)29-20-14-19(28)8-6-17(20)2/h6-9,12-14H,3-5,10-11,15-16H2,1-2H3,(H,29,32)/b23-13-. The van der Waals surface area contributed by atoms with E-state index in [4.69, 9.17) is 21.1 Å². The number of carbonyl (C=O) groups excluding carboxylic acids is 4. The number of nitrogens with one attached hydrogen (secondary N) is 1. The summed E-state index contributed by atoms with van der Waals surface area (Å²) in [6.07, 6.45) is 3.57. The van der Waals surface area contributed by atoms with E-state index in [-0.39, 0.29) is 17.4 Å². The van der Waals surface area contributed by atoms with Crippen molar-refractivity contribution in [2.45, 2.75) is 26.7 Å². The quantitative estimate of drug-likeness (QED) is 0.445. The highest BCUT2D eigenvalue weighted by Gasteiger charge is 2.36. The molecule has 0 spiro atoms. The van der Waals surface area contributed by atoms with Crippen molar-refractivity contribution in [3.63, 3.8) is 0 Å². The molecule has 2 heterocycles. The fourth-order valence-corrected chi connectivity index (χ4v) is 5.06. The predicted octanol–water partition coefficient (Wildman–Crippen LogP) is 4.72. The van der Waals surface area contributed by atoms with Crippen LogP contribution in [0.4, 0.5) is 10.5 Å². The van der Waals surface area contributed by atoms with Crippen LogP contribution in [-0.4, -0.2) is 65.6 Å². The molecule has 2 saturated heterocycles. The lowest BCUT2D eigenvalue weighted by Crippen LogP contribution is -2.36. The third-order valence-corrected chi connectivity index (χ3v) is 7.17. The van der Waals surface area contributed by atoms with Gasteiger partial charge in [-0.15, -0.1) is 0 Å². The molecule has 0 unspecified atom stereocenters. The van der Waals surface area contributed by atoms with Gasteiger partial charge in [0, 0.05) is 23.8 Å². The van der Waals surface area contributed by atoms with E-state index in [9.17, 15) is 19.2 Å². The molecule has 1 N–H and O–H groups in total. The molecule has 2 aromatic carbocycles. The number of anilines is 1. The Bertz CT molecular complexity index is 1290. The molecule has 0 aliphatic carbocycles. The third kappa shape index (κ3) is 6.68. The van der Waals surface area contributed by atoms with E-state index in [2.05, 4.69) is 5.32 Å². The Labute approximate surface area is 230 Å². The average molecular weight is 558 g/mol. The summed E-state index contributed by atoms with van der Waals surface area (Å²) < 4.78 is 11.4. The normalized spacial score (nSPS) is 16.3. The number of thioether (sulfide) groups is 1. The number of rotatable bonds is 9. The molecule has 11 heteroatoms. The van der Waals surface area contributed by atoms with Gasteiger partial charge in [-0.25, -0.2) is 0 Å². The molecule has 0 aromatic heterocycles. The van der Waals surface area contributed by atoms with Crippen molar-refractivity contribution < 1.29 is 28.7 Å². The summed E-state index contributed by atoms with van der Waals surface area (Å²) in [6.45, 7) is 5.00. The second-order valence-corrected chi connectivity index (χ2v) is 10.2. The molecule has 0 atom stereocenters. The van der Waals surface area contributed by atoms with Crippen LogP contribution < -0.4 is 14.8 Å². The van der Waals surface area contributed by atoms with Gasteiger partial charge in [-0.2, -0.15) is 0 Å². The summed E-state index contributed by atoms with van der Waals surface area (Å²) in [4.78, 5) is 53.2. The average Bonchev–Trinajstić information content (AvgIpc) is 3.51. The van der Waals surface area contributed by atoms with Crippen molar-refractivity contribution in [1.82, 2.24) is 9.80 Å². The molecular weight excluding hydrogens is 530 g/mol. The highest BCUT2D eigenvalue weighted by atomic mass is 35.5. The monoisotopic (exact) mass is 557 g/mol. The summed E-state index contributed by atoms with van der Waals surface area (Å²) in [5.41, 5.74) is 1.92. The zero-order valence-corrected chi connectivity index (χ0v) is 22.7. The first-order chi connectivity index (χ1) is 18.2. The second-order valence-electron chi connectivity index (χ2n) is 8.79. The van der Waals surface area contributed by atoms with Gasteiger partial charge in [0.15, 0.2) is 18.1 Å². The van der Waals surface area contributed by atoms with Crippen LogP contribution in [0.2, 0.25) is 5.02 Å². The summed E-state index contributed by atoms with van der Waals surface area (Å²) >= 11 is 6.75. The highest BCUT2D eigenvalue weighted by Crippen LogP contribution is 2.35. The lowest BCUT2D eigenvalue weighted by molar-refractivity contribution is -0.132. The van der Waals surface area contributed by atoms with Gasteiger partial charge in [0.25, 0.3) is 17.1 Å². The maximum Gasteiger partial charge on any atom is 0.294 e. The van der Waals surface area contributed by atoms with E-state index >= 15 is 0 Å². The molecule has 2 aliphatic heterocycles. The fourth-order valence-electron chi connectivity index (χ4n) is 4.05. The molecule has 2 aliphatic rings. The summed E-state index contributed by atoms with van der Waals surface area (Å²) in [7, 11) is 0. The molecule has 38 heavy (non-hydrogen) atoms. The third-order valence-electron chi connectivity index (χ3n) is 6.02. The van der Waals surface area contributed by atoms with Crippen LogP contribution in [0.3, 0.4) is 0 Å². The summed E-state index contributed by atoms with van der Waals surface area (Å²) in [5.74, 6) is -0.309. The van der Waals surface area contributed by atoms with Crippen molar-refractivity contribution in [2.24, 2.45) is 0 Å². The van der Waals surface area contributed by atoms with Gasteiger partial charge in [-0.1, -0.05) is 23.7 Å². The molecule has 9 nitrogen and oxygen atoms in total. The number of hydrogen-bond donors (Lipinski definition) is 1. The minimum absolute atomic E-state index is 0.0720. The van der Waals surface area contributed by atoms with E-state index in [1.54, 1.807) is 47.4 Å².